The minimum atomic E-state index is -2.41. The molecule has 1 radical (unpaired) electrons. The number of rotatable bonds is 4. The molecule has 0 rings (SSSR count). The fourth-order valence-corrected chi connectivity index (χ4v) is 2.56. The zero-order valence-electron chi connectivity index (χ0n) is 7.01. The Balaban J connectivity index is 4.15. The van der Waals surface area contributed by atoms with Crippen LogP contribution in [-0.2, 0) is 13.3 Å². The molecule has 10 heavy (non-hydrogen) atoms. The monoisotopic (exact) mass is 163 g/mol. The van der Waals surface area contributed by atoms with Gasteiger partial charge in [0.15, 0.2) is 0 Å². The standard InChI is InChI=1S/C6H15O3Si/c1-6(2)10(7-3,8-4)9-5/h6H,1H2,2-5H3. The molecule has 3 nitrogen and oxygen atoms in total. The Hall–Kier alpha value is 0.0969. The van der Waals surface area contributed by atoms with Gasteiger partial charge in [0.1, 0.15) is 0 Å². The van der Waals surface area contributed by atoms with Gasteiger partial charge in [0, 0.05) is 26.9 Å². The van der Waals surface area contributed by atoms with E-state index in [0.29, 0.717) is 0 Å². The highest BCUT2D eigenvalue weighted by molar-refractivity contribution is 6.62. The minimum Gasteiger partial charge on any atom is -0.377 e. The van der Waals surface area contributed by atoms with Crippen LogP contribution in [0.25, 0.3) is 0 Å². The van der Waals surface area contributed by atoms with Crippen molar-refractivity contribution < 1.29 is 13.3 Å². The molecule has 0 aliphatic rings. The quantitative estimate of drug-likeness (QED) is 0.581. The van der Waals surface area contributed by atoms with Crippen LogP contribution in [0.4, 0.5) is 0 Å². The molecule has 0 saturated carbocycles. The van der Waals surface area contributed by atoms with Gasteiger partial charge >= 0.3 is 8.80 Å². The molecule has 4 heteroatoms. The Kier molecular flexibility index (Phi) is 4.11. The van der Waals surface area contributed by atoms with E-state index in [4.69, 9.17) is 13.3 Å². The summed E-state index contributed by atoms with van der Waals surface area (Å²) in [6.45, 7) is 5.73. The van der Waals surface area contributed by atoms with Crippen LogP contribution < -0.4 is 0 Å². The van der Waals surface area contributed by atoms with Gasteiger partial charge in [-0.2, -0.15) is 0 Å². The summed E-state index contributed by atoms with van der Waals surface area (Å²) in [5, 5.41) is 0. The highest BCUT2D eigenvalue weighted by atomic mass is 28.4. The number of hydrogen-bond acceptors (Lipinski definition) is 3. The number of hydrogen-bond donors (Lipinski definition) is 0. The topological polar surface area (TPSA) is 27.7 Å². The van der Waals surface area contributed by atoms with Gasteiger partial charge in [0.2, 0.25) is 0 Å². The van der Waals surface area contributed by atoms with Gasteiger partial charge in [-0.25, -0.2) is 0 Å². The Morgan fingerprint density at radius 1 is 1.10 bits per heavy atom. The molecule has 1 unspecified atom stereocenters. The molecule has 0 fully saturated rings. The van der Waals surface area contributed by atoms with Crippen LogP contribution in [0.1, 0.15) is 6.92 Å². The lowest BCUT2D eigenvalue weighted by molar-refractivity contribution is 0.118. The van der Waals surface area contributed by atoms with Crippen molar-refractivity contribution in [3.63, 3.8) is 0 Å². The smallest absolute Gasteiger partial charge is 0.377 e. The first kappa shape index (κ1) is 10.1. The molecule has 0 spiro atoms. The Labute approximate surface area is 63.7 Å². The molecule has 0 aliphatic carbocycles. The minimum absolute atomic E-state index is 0.0625. The van der Waals surface area contributed by atoms with Gasteiger partial charge in [0.25, 0.3) is 0 Å². The third-order valence-corrected chi connectivity index (χ3v) is 4.37. The molecule has 0 bridgehead atoms. The lowest BCUT2D eigenvalue weighted by atomic mass is 10.6. The predicted molar refractivity (Wildman–Crippen MR) is 41.6 cm³/mol. The van der Waals surface area contributed by atoms with E-state index in [-0.39, 0.29) is 5.54 Å². The predicted octanol–water partition coefficient (Wildman–Crippen LogP) is 1.09. The fourth-order valence-electron chi connectivity index (χ4n) is 0.854. The second kappa shape index (κ2) is 4.08. The van der Waals surface area contributed by atoms with Gasteiger partial charge in [0.05, 0.1) is 0 Å². The summed E-state index contributed by atoms with van der Waals surface area (Å²) >= 11 is 0. The van der Waals surface area contributed by atoms with Crippen molar-refractivity contribution >= 4 is 8.80 Å². The maximum absolute atomic E-state index is 5.13. The zero-order valence-corrected chi connectivity index (χ0v) is 8.01. The first-order chi connectivity index (χ1) is 4.63. The molecule has 1 atom stereocenters. The Morgan fingerprint density at radius 3 is 1.40 bits per heavy atom. The largest absolute Gasteiger partial charge is 0.503 e. The van der Waals surface area contributed by atoms with Gasteiger partial charge in [-0.05, 0) is 6.92 Å². The fraction of sp³-hybridized carbons (Fsp3) is 0.833. The van der Waals surface area contributed by atoms with E-state index in [2.05, 4.69) is 6.92 Å². The third-order valence-electron chi connectivity index (χ3n) is 1.46. The Bertz CT molecular complexity index is 82.7. The molecule has 0 saturated heterocycles. The molecule has 0 aromatic carbocycles. The van der Waals surface area contributed by atoms with E-state index in [9.17, 15) is 0 Å². The first-order valence-electron chi connectivity index (χ1n) is 3.11. The van der Waals surface area contributed by atoms with Crippen LogP contribution in [0.15, 0.2) is 0 Å². The SMILES string of the molecule is [CH2]C(C)[Si](OC)(OC)OC. The molecule has 0 heterocycles. The van der Waals surface area contributed by atoms with Crippen molar-refractivity contribution in [2.45, 2.75) is 12.5 Å². The van der Waals surface area contributed by atoms with E-state index in [1.165, 1.54) is 0 Å². The van der Waals surface area contributed by atoms with Crippen molar-refractivity contribution in [1.29, 1.82) is 0 Å². The van der Waals surface area contributed by atoms with Gasteiger partial charge < -0.3 is 13.3 Å². The van der Waals surface area contributed by atoms with Crippen molar-refractivity contribution in [3.8, 4) is 0 Å². The molecular weight excluding hydrogens is 148 g/mol. The summed E-state index contributed by atoms with van der Waals surface area (Å²) in [7, 11) is 2.35. The van der Waals surface area contributed by atoms with Crippen LogP contribution in [0.3, 0.4) is 0 Å². The molecule has 61 valence electrons. The van der Waals surface area contributed by atoms with E-state index < -0.39 is 8.80 Å². The highest BCUT2D eigenvalue weighted by Gasteiger charge is 2.41. The van der Waals surface area contributed by atoms with Gasteiger partial charge in [-0.15, -0.1) is 0 Å². The van der Waals surface area contributed by atoms with E-state index >= 15 is 0 Å². The zero-order chi connectivity index (χ0) is 8.20. The molecule has 0 aromatic rings. The van der Waals surface area contributed by atoms with Crippen LogP contribution in [-0.4, -0.2) is 30.1 Å². The van der Waals surface area contributed by atoms with Crippen LogP contribution in [0, 0.1) is 6.92 Å². The second-order valence-corrected chi connectivity index (χ2v) is 5.53. The Morgan fingerprint density at radius 2 is 1.40 bits per heavy atom. The van der Waals surface area contributed by atoms with E-state index in [1.54, 1.807) is 21.3 Å². The molecule has 0 aromatic heterocycles. The molecular formula is C6H15O3Si. The summed E-state index contributed by atoms with van der Waals surface area (Å²) in [4.78, 5) is 0. The maximum atomic E-state index is 5.13. The molecule has 0 amide bonds. The molecule has 0 N–H and O–H groups in total. The van der Waals surface area contributed by atoms with Gasteiger partial charge in [-0.1, -0.05) is 6.92 Å². The van der Waals surface area contributed by atoms with Crippen molar-refractivity contribution in [2.75, 3.05) is 21.3 Å². The summed E-state index contributed by atoms with van der Waals surface area (Å²) < 4.78 is 15.4. The van der Waals surface area contributed by atoms with Crippen molar-refractivity contribution in [3.05, 3.63) is 6.92 Å². The normalized spacial score (nSPS) is 12.6. The third kappa shape index (κ3) is 1.79. The van der Waals surface area contributed by atoms with E-state index in [0.717, 1.165) is 0 Å². The molecule has 0 aliphatic heterocycles. The summed E-state index contributed by atoms with van der Waals surface area (Å²) in [6, 6.07) is 0. The summed E-state index contributed by atoms with van der Waals surface area (Å²) in [5.74, 6) is 0. The van der Waals surface area contributed by atoms with Crippen LogP contribution in [0.2, 0.25) is 5.54 Å². The lowest BCUT2D eigenvalue weighted by Gasteiger charge is -2.27. The van der Waals surface area contributed by atoms with Crippen LogP contribution in [0.5, 0.6) is 0 Å². The van der Waals surface area contributed by atoms with E-state index in [1.807, 2.05) is 6.92 Å². The van der Waals surface area contributed by atoms with Crippen LogP contribution >= 0.6 is 0 Å². The summed E-state index contributed by atoms with van der Waals surface area (Å²) in [6.07, 6.45) is 0. The first-order valence-corrected chi connectivity index (χ1v) is 4.91. The van der Waals surface area contributed by atoms with Crippen molar-refractivity contribution in [2.24, 2.45) is 0 Å². The summed E-state index contributed by atoms with van der Waals surface area (Å²) in [5.41, 5.74) is 0.0625. The van der Waals surface area contributed by atoms with Gasteiger partial charge in [-0.3, -0.25) is 0 Å². The lowest BCUT2D eigenvalue weighted by Crippen LogP contribution is -2.45. The maximum Gasteiger partial charge on any atom is 0.503 e. The average molecular weight is 163 g/mol. The average Bonchev–Trinajstić information content (AvgIpc) is 1.92. The second-order valence-electron chi connectivity index (χ2n) is 2.12. The van der Waals surface area contributed by atoms with Crippen molar-refractivity contribution in [1.82, 2.24) is 0 Å². The highest BCUT2D eigenvalue weighted by Crippen LogP contribution is 2.21.